The lowest BCUT2D eigenvalue weighted by Crippen LogP contribution is -2.74. The molecule has 0 aliphatic rings. The first-order valence-electron chi connectivity index (χ1n) is 21.0. The van der Waals surface area contributed by atoms with Crippen molar-refractivity contribution in [2.24, 2.45) is 0 Å². The summed E-state index contributed by atoms with van der Waals surface area (Å²) in [5.41, 5.74) is 9.22. The van der Waals surface area contributed by atoms with Crippen LogP contribution >= 0.6 is 0 Å². The quantitative estimate of drug-likeness (QED) is 0.104. The second-order valence-electron chi connectivity index (χ2n) is 15.7. The molecule has 0 N–H and O–H groups in total. The summed E-state index contributed by atoms with van der Waals surface area (Å²) < 4.78 is 2.40. The molecule has 1 heterocycles. The van der Waals surface area contributed by atoms with Crippen LogP contribution in [-0.2, 0) is 0 Å². The highest BCUT2D eigenvalue weighted by atomic mass is 28.3. The largest absolute Gasteiger partial charge is 0.310 e. The Kier molecular flexibility index (Phi) is 9.22. The van der Waals surface area contributed by atoms with Gasteiger partial charge in [0.25, 0.3) is 0 Å². The van der Waals surface area contributed by atoms with Crippen molar-refractivity contribution in [2.75, 3.05) is 4.90 Å². The molecule has 0 saturated carbocycles. The molecule has 0 bridgehead atoms. The van der Waals surface area contributed by atoms with E-state index in [4.69, 9.17) is 0 Å². The molecule has 11 aromatic rings. The number of benzene rings is 10. The zero-order chi connectivity index (χ0) is 40.6. The first kappa shape index (κ1) is 36.4. The lowest BCUT2D eigenvalue weighted by atomic mass is 10.0. The first-order valence-corrected chi connectivity index (χ1v) is 23.0. The number of para-hydroxylation sites is 2. The number of hydrogen-bond acceptors (Lipinski definition) is 1. The van der Waals surface area contributed by atoms with Gasteiger partial charge in [0.1, 0.15) is 0 Å². The highest BCUT2D eigenvalue weighted by Crippen LogP contribution is 2.44. The third-order valence-electron chi connectivity index (χ3n) is 12.3. The Labute approximate surface area is 357 Å². The highest BCUT2D eigenvalue weighted by Gasteiger charge is 2.41. The van der Waals surface area contributed by atoms with Gasteiger partial charge in [-0.3, -0.25) is 0 Å². The van der Waals surface area contributed by atoms with E-state index >= 15 is 0 Å². The molecule has 61 heavy (non-hydrogen) atoms. The van der Waals surface area contributed by atoms with Crippen molar-refractivity contribution in [3.63, 3.8) is 0 Å². The van der Waals surface area contributed by atoms with Crippen LogP contribution in [0.3, 0.4) is 0 Å². The van der Waals surface area contributed by atoms with Gasteiger partial charge in [-0.1, -0.05) is 194 Å². The van der Waals surface area contributed by atoms with Gasteiger partial charge in [-0.15, -0.1) is 0 Å². The van der Waals surface area contributed by atoms with E-state index < -0.39 is 8.07 Å². The van der Waals surface area contributed by atoms with Crippen molar-refractivity contribution in [1.29, 1.82) is 0 Å². The molecule has 2 nitrogen and oxygen atoms in total. The predicted octanol–water partition coefficient (Wildman–Crippen LogP) is 12.5. The van der Waals surface area contributed by atoms with Crippen molar-refractivity contribution in [3.8, 4) is 16.8 Å². The Bertz CT molecular complexity index is 3170. The van der Waals surface area contributed by atoms with E-state index in [2.05, 4.69) is 264 Å². The number of anilines is 3. The van der Waals surface area contributed by atoms with E-state index in [1.807, 2.05) is 0 Å². The van der Waals surface area contributed by atoms with Gasteiger partial charge in [-0.25, -0.2) is 0 Å². The maximum Gasteiger partial charge on any atom is 0.179 e. The monoisotopic (exact) mass is 794 g/mol. The molecule has 0 atom stereocenters. The molecule has 0 aliphatic carbocycles. The predicted molar refractivity (Wildman–Crippen MR) is 262 cm³/mol. The van der Waals surface area contributed by atoms with Gasteiger partial charge >= 0.3 is 0 Å². The zero-order valence-corrected chi connectivity index (χ0v) is 34.6. The molecule has 1 aromatic heterocycles. The Morgan fingerprint density at radius 2 is 0.803 bits per heavy atom. The SMILES string of the molecule is c1ccc(-n2c3ccccc3c3c(N(c4ccc(-c5ccc6ccccc6c5)cc4)c4ccc([Si](c5ccccc5)(c5ccccc5)c5ccccc5)cc4)cccc32)cc1. The Morgan fingerprint density at radius 1 is 0.328 bits per heavy atom. The molecule has 11 rings (SSSR count). The van der Waals surface area contributed by atoms with Gasteiger partial charge in [0.05, 0.1) is 16.7 Å². The maximum atomic E-state index is 2.45. The summed E-state index contributed by atoms with van der Waals surface area (Å²) in [7, 11) is -2.72. The Morgan fingerprint density at radius 3 is 1.43 bits per heavy atom. The number of rotatable bonds is 9. The molecule has 0 fully saturated rings. The molecule has 0 saturated heterocycles. The topological polar surface area (TPSA) is 8.17 Å². The Hall–Kier alpha value is -7.72. The van der Waals surface area contributed by atoms with Crippen LogP contribution in [0.1, 0.15) is 0 Å². The minimum Gasteiger partial charge on any atom is -0.310 e. The number of hydrogen-bond donors (Lipinski definition) is 0. The van der Waals surface area contributed by atoms with E-state index in [-0.39, 0.29) is 0 Å². The average molecular weight is 795 g/mol. The van der Waals surface area contributed by atoms with E-state index in [0.29, 0.717) is 0 Å². The van der Waals surface area contributed by atoms with Gasteiger partial charge in [0.15, 0.2) is 8.07 Å². The fourth-order valence-electron chi connectivity index (χ4n) is 9.57. The van der Waals surface area contributed by atoms with Crippen molar-refractivity contribution in [1.82, 2.24) is 4.57 Å². The lowest BCUT2D eigenvalue weighted by Gasteiger charge is -2.35. The van der Waals surface area contributed by atoms with Crippen LogP contribution in [0.15, 0.2) is 255 Å². The molecule has 0 radical (unpaired) electrons. The van der Waals surface area contributed by atoms with Crippen LogP contribution in [0, 0.1) is 0 Å². The van der Waals surface area contributed by atoms with E-state index in [1.54, 1.807) is 0 Å². The van der Waals surface area contributed by atoms with Crippen LogP contribution in [0.5, 0.6) is 0 Å². The molecule has 288 valence electrons. The smallest absolute Gasteiger partial charge is 0.179 e. The molecule has 10 aromatic carbocycles. The van der Waals surface area contributed by atoms with Crippen LogP contribution < -0.4 is 25.6 Å². The third-order valence-corrected chi connectivity index (χ3v) is 17.1. The van der Waals surface area contributed by atoms with Crippen LogP contribution in [-0.4, -0.2) is 12.6 Å². The van der Waals surface area contributed by atoms with E-state index in [1.165, 1.54) is 64.5 Å². The molecular weight excluding hydrogens is 753 g/mol. The molecule has 0 aliphatic heterocycles. The van der Waals surface area contributed by atoms with Gasteiger partial charge in [-0.05, 0) is 103 Å². The van der Waals surface area contributed by atoms with Crippen molar-refractivity contribution in [3.05, 3.63) is 255 Å². The standard InChI is InChI=1S/C58H42N2Si/c1-5-20-47(21-6-1)60-55-29-16-15-28-54(55)58-56(30-17-31-57(58)60)59(48-36-34-44(35-37-48)46-33-32-43-18-13-14-19-45(43)42-46)49-38-40-53(41-39-49)61(50-22-7-2-8-23-50,51-24-9-3-10-25-51)52-26-11-4-12-27-52/h1-42H. The minimum atomic E-state index is -2.72. The summed E-state index contributed by atoms with van der Waals surface area (Å²) in [5.74, 6) is 0. The molecule has 0 amide bonds. The maximum absolute atomic E-state index is 2.72. The van der Waals surface area contributed by atoms with Crippen molar-refractivity contribution >= 4 is 78.5 Å². The fourth-order valence-corrected chi connectivity index (χ4v) is 14.3. The van der Waals surface area contributed by atoms with Gasteiger partial charge in [0, 0.05) is 27.8 Å². The highest BCUT2D eigenvalue weighted by molar-refractivity contribution is 7.19. The lowest BCUT2D eigenvalue weighted by molar-refractivity contribution is 1.18. The summed E-state index contributed by atoms with van der Waals surface area (Å²) in [5, 5.41) is 10.3. The van der Waals surface area contributed by atoms with Crippen molar-refractivity contribution in [2.45, 2.75) is 0 Å². The fraction of sp³-hybridized carbons (Fsp3) is 0. The van der Waals surface area contributed by atoms with Gasteiger partial charge in [-0.2, -0.15) is 0 Å². The minimum absolute atomic E-state index is 1.10. The summed E-state index contributed by atoms with van der Waals surface area (Å²) in [4.78, 5) is 2.45. The van der Waals surface area contributed by atoms with Gasteiger partial charge in [0.2, 0.25) is 0 Å². The average Bonchev–Trinajstić information content (AvgIpc) is 3.69. The molecule has 3 heteroatoms. The summed E-state index contributed by atoms with van der Waals surface area (Å²) in [6, 6.07) is 93.7. The second kappa shape index (κ2) is 15.5. The third kappa shape index (κ3) is 6.26. The second-order valence-corrected chi connectivity index (χ2v) is 19.5. The van der Waals surface area contributed by atoms with Gasteiger partial charge < -0.3 is 9.47 Å². The molecule has 0 unspecified atom stereocenters. The van der Waals surface area contributed by atoms with Crippen LogP contribution in [0.2, 0.25) is 0 Å². The number of aromatic nitrogens is 1. The van der Waals surface area contributed by atoms with E-state index in [9.17, 15) is 0 Å². The zero-order valence-electron chi connectivity index (χ0n) is 33.6. The molecular formula is C58H42N2Si. The number of nitrogens with zero attached hydrogens (tertiary/aromatic N) is 2. The van der Waals surface area contributed by atoms with Crippen LogP contribution in [0.25, 0.3) is 49.4 Å². The number of fused-ring (bicyclic) bond motifs is 4. The molecule has 0 spiro atoms. The normalized spacial score (nSPS) is 11.6. The summed E-state index contributed by atoms with van der Waals surface area (Å²) in [6.07, 6.45) is 0. The Balaban J connectivity index is 1.13. The van der Waals surface area contributed by atoms with Crippen LogP contribution in [0.4, 0.5) is 17.1 Å². The van der Waals surface area contributed by atoms with E-state index in [0.717, 1.165) is 22.7 Å². The first-order chi connectivity index (χ1) is 30.3. The summed E-state index contributed by atoms with van der Waals surface area (Å²) in [6.45, 7) is 0. The van der Waals surface area contributed by atoms with Crippen molar-refractivity contribution < 1.29 is 0 Å². The summed E-state index contributed by atoms with van der Waals surface area (Å²) >= 11 is 0.